The molecule has 0 unspecified atom stereocenters. The van der Waals surface area contributed by atoms with E-state index in [-0.39, 0.29) is 5.56 Å². The van der Waals surface area contributed by atoms with Crippen LogP contribution in [0.2, 0.25) is 0 Å². The Morgan fingerprint density at radius 2 is 2.27 bits per heavy atom. The normalized spacial score (nSPS) is 10.2. The van der Waals surface area contributed by atoms with Gasteiger partial charge in [0.15, 0.2) is 0 Å². The van der Waals surface area contributed by atoms with Crippen LogP contribution in [0.25, 0.3) is 0 Å². The molecule has 0 aliphatic heterocycles. The smallest absolute Gasteiger partial charge is 0.256 e. The molecule has 2 aromatic heterocycles. The third-order valence-electron chi connectivity index (χ3n) is 2.13. The van der Waals surface area contributed by atoms with Crippen LogP contribution in [0, 0.1) is 6.92 Å². The minimum atomic E-state index is -0.0179. The van der Waals surface area contributed by atoms with Crippen molar-refractivity contribution in [2.75, 3.05) is 0 Å². The first-order valence-corrected chi connectivity index (χ1v) is 4.68. The standard InChI is InChI=1S/C11H11N3O/c1-9-6-12-8-14(11(9)15)7-10-4-2-3-5-13-10/h2-6,8H,7H2,1H3. The maximum atomic E-state index is 11.7. The van der Waals surface area contributed by atoms with Crippen molar-refractivity contribution in [1.29, 1.82) is 0 Å². The lowest BCUT2D eigenvalue weighted by Gasteiger charge is -2.04. The van der Waals surface area contributed by atoms with Crippen molar-refractivity contribution in [3.8, 4) is 0 Å². The van der Waals surface area contributed by atoms with Gasteiger partial charge in [0.1, 0.15) is 0 Å². The summed E-state index contributed by atoms with van der Waals surface area (Å²) >= 11 is 0. The zero-order valence-corrected chi connectivity index (χ0v) is 8.42. The molecule has 0 fully saturated rings. The van der Waals surface area contributed by atoms with E-state index in [1.165, 1.54) is 6.33 Å². The Morgan fingerprint density at radius 3 is 3.00 bits per heavy atom. The van der Waals surface area contributed by atoms with Gasteiger partial charge in [-0.1, -0.05) is 6.07 Å². The first-order valence-electron chi connectivity index (χ1n) is 4.68. The van der Waals surface area contributed by atoms with Crippen molar-refractivity contribution >= 4 is 0 Å². The number of aryl methyl sites for hydroxylation is 1. The van der Waals surface area contributed by atoms with E-state index in [9.17, 15) is 4.79 Å². The van der Waals surface area contributed by atoms with Gasteiger partial charge in [-0.3, -0.25) is 14.3 Å². The van der Waals surface area contributed by atoms with Gasteiger partial charge in [0.05, 0.1) is 18.6 Å². The van der Waals surface area contributed by atoms with Gasteiger partial charge in [-0.05, 0) is 19.1 Å². The quantitative estimate of drug-likeness (QED) is 0.728. The Hall–Kier alpha value is -1.97. The van der Waals surface area contributed by atoms with Crippen LogP contribution < -0.4 is 5.56 Å². The molecule has 0 spiro atoms. The molecular weight excluding hydrogens is 190 g/mol. The molecule has 0 saturated carbocycles. The molecule has 2 aromatic rings. The van der Waals surface area contributed by atoms with Crippen molar-refractivity contribution in [3.05, 3.63) is 58.5 Å². The molecule has 2 heterocycles. The first kappa shape index (κ1) is 9.58. The highest BCUT2D eigenvalue weighted by Crippen LogP contribution is 1.95. The average Bonchev–Trinajstić information content (AvgIpc) is 2.26. The van der Waals surface area contributed by atoms with Crippen molar-refractivity contribution < 1.29 is 0 Å². The highest BCUT2D eigenvalue weighted by atomic mass is 16.1. The molecule has 4 nitrogen and oxygen atoms in total. The van der Waals surface area contributed by atoms with Crippen LogP contribution in [-0.4, -0.2) is 14.5 Å². The molecular formula is C11H11N3O. The summed E-state index contributed by atoms with van der Waals surface area (Å²) in [5, 5.41) is 0. The molecule has 0 aliphatic rings. The van der Waals surface area contributed by atoms with Gasteiger partial charge in [-0.15, -0.1) is 0 Å². The number of nitrogens with zero attached hydrogens (tertiary/aromatic N) is 3. The second kappa shape index (κ2) is 4.04. The Labute approximate surface area is 87.2 Å². The SMILES string of the molecule is Cc1cncn(Cc2ccccn2)c1=O. The van der Waals surface area contributed by atoms with Gasteiger partial charge in [0.25, 0.3) is 5.56 Å². The van der Waals surface area contributed by atoms with Crippen molar-refractivity contribution in [1.82, 2.24) is 14.5 Å². The summed E-state index contributed by atoms with van der Waals surface area (Å²) in [4.78, 5) is 19.8. The number of hydrogen-bond acceptors (Lipinski definition) is 3. The molecule has 0 bridgehead atoms. The first-order chi connectivity index (χ1) is 7.27. The fourth-order valence-electron chi connectivity index (χ4n) is 1.34. The minimum Gasteiger partial charge on any atom is -0.293 e. The van der Waals surface area contributed by atoms with E-state index in [1.54, 1.807) is 23.9 Å². The summed E-state index contributed by atoms with van der Waals surface area (Å²) in [5.74, 6) is 0. The molecule has 76 valence electrons. The summed E-state index contributed by atoms with van der Waals surface area (Å²) < 4.78 is 1.55. The second-order valence-electron chi connectivity index (χ2n) is 3.33. The van der Waals surface area contributed by atoms with E-state index in [0.717, 1.165) is 5.69 Å². The third-order valence-corrected chi connectivity index (χ3v) is 2.13. The van der Waals surface area contributed by atoms with Crippen LogP contribution in [0.5, 0.6) is 0 Å². The predicted octanol–water partition coefficient (Wildman–Crippen LogP) is 0.995. The van der Waals surface area contributed by atoms with Crippen molar-refractivity contribution in [3.63, 3.8) is 0 Å². The molecule has 0 saturated heterocycles. The summed E-state index contributed by atoms with van der Waals surface area (Å²) in [7, 11) is 0. The molecule has 0 aliphatic carbocycles. The monoisotopic (exact) mass is 201 g/mol. The summed E-state index contributed by atoms with van der Waals surface area (Å²) in [6, 6.07) is 5.63. The fraction of sp³-hybridized carbons (Fsp3) is 0.182. The van der Waals surface area contributed by atoms with Crippen LogP contribution in [0.4, 0.5) is 0 Å². The van der Waals surface area contributed by atoms with E-state index < -0.39 is 0 Å². The fourth-order valence-corrected chi connectivity index (χ4v) is 1.34. The second-order valence-corrected chi connectivity index (χ2v) is 3.33. The molecule has 15 heavy (non-hydrogen) atoms. The molecule has 2 rings (SSSR count). The van der Waals surface area contributed by atoms with Crippen LogP contribution in [0.3, 0.4) is 0 Å². The highest BCUT2D eigenvalue weighted by Gasteiger charge is 2.00. The van der Waals surface area contributed by atoms with Crippen LogP contribution >= 0.6 is 0 Å². The Morgan fingerprint density at radius 1 is 1.40 bits per heavy atom. The van der Waals surface area contributed by atoms with E-state index in [4.69, 9.17) is 0 Å². The average molecular weight is 201 g/mol. The lowest BCUT2D eigenvalue weighted by atomic mass is 10.3. The Kier molecular flexibility index (Phi) is 2.58. The van der Waals surface area contributed by atoms with Crippen molar-refractivity contribution in [2.45, 2.75) is 13.5 Å². The topological polar surface area (TPSA) is 47.8 Å². The lowest BCUT2D eigenvalue weighted by molar-refractivity contribution is 0.712. The number of hydrogen-bond donors (Lipinski definition) is 0. The Balaban J connectivity index is 2.33. The van der Waals surface area contributed by atoms with Gasteiger partial charge in [0, 0.05) is 18.0 Å². The maximum absolute atomic E-state index is 11.7. The van der Waals surface area contributed by atoms with Crippen LogP contribution in [0.1, 0.15) is 11.3 Å². The lowest BCUT2D eigenvalue weighted by Crippen LogP contribution is -2.23. The predicted molar refractivity (Wildman–Crippen MR) is 56.6 cm³/mol. The van der Waals surface area contributed by atoms with E-state index in [0.29, 0.717) is 12.1 Å². The zero-order chi connectivity index (χ0) is 10.7. The van der Waals surface area contributed by atoms with Crippen molar-refractivity contribution in [2.24, 2.45) is 0 Å². The molecule has 0 atom stereocenters. The van der Waals surface area contributed by atoms with E-state index in [1.807, 2.05) is 18.2 Å². The molecule has 0 aromatic carbocycles. The summed E-state index contributed by atoms with van der Waals surface area (Å²) in [6.45, 7) is 2.22. The van der Waals surface area contributed by atoms with Gasteiger partial charge in [0.2, 0.25) is 0 Å². The number of rotatable bonds is 2. The van der Waals surface area contributed by atoms with Gasteiger partial charge >= 0.3 is 0 Å². The van der Waals surface area contributed by atoms with Crippen LogP contribution in [0.15, 0.2) is 41.7 Å². The molecule has 0 N–H and O–H groups in total. The van der Waals surface area contributed by atoms with E-state index >= 15 is 0 Å². The summed E-state index contributed by atoms with van der Waals surface area (Å²) in [6.07, 6.45) is 4.81. The van der Waals surface area contributed by atoms with Crippen LogP contribution in [-0.2, 0) is 6.54 Å². The zero-order valence-electron chi connectivity index (χ0n) is 8.42. The Bertz CT molecular complexity index is 505. The summed E-state index contributed by atoms with van der Waals surface area (Å²) in [5.41, 5.74) is 1.48. The molecule has 0 amide bonds. The van der Waals surface area contributed by atoms with Gasteiger partial charge in [-0.25, -0.2) is 4.98 Å². The molecule has 0 radical (unpaired) electrons. The number of pyridine rings is 1. The number of aromatic nitrogens is 3. The van der Waals surface area contributed by atoms with E-state index in [2.05, 4.69) is 9.97 Å². The minimum absolute atomic E-state index is 0.0179. The third kappa shape index (κ3) is 2.10. The van der Waals surface area contributed by atoms with Gasteiger partial charge in [-0.2, -0.15) is 0 Å². The molecule has 4 heteroatoms. The van der Waals surface area contributed by atoms with Gasteiger partial charge < -0.3 is 0 Å². The largest absolute Gasteiger partial charge is 0.293 e. The maximum Gasteiger partial charge on any atom is 0.256 e. The highest BCUT2D eigenvalue weighted by molar-refractivity contribution is 5.06.